The normalized spacial score (nSPS) is 12.4. The van der Waals surface area contributed by atoms with Crippen molar-refractivity contribution in [2.24, 2.45) is 5.92 Å². The minimum Gasteiger partial charge on any atom is -0.463 e. The highest BCUT2D eigenvalue weighted by Gasteiger charge is 2.14. The van der Waals surface area contributed by atoms with E-state index < -0.39 is 0 Å². The Balaban J connectivity index is 3.25. The molecule has 0 bridgehead atoms. The van der Waals surface area contributed by atoms with Crippen molar-refractivity contribution in [1.82, 2.24) is 0 Å². The molecule has 0 rings (SSSR count). The lowest BCUT2D eigenvalue weighted by atomic mass is 10.0. The van der Waals surface area contributed by atoms with Crippen LogP contribution in [0.4, 0.5) is 0 Å². The van der Waals surface area contributed by atoms with E-state index in [9.17, 15) is 9.59 Å². The van der Waals surface area contributed by atoms with Gasteiger partial charge < -0.3 is 9.47 Å². The molecule has 0 aromatic rings. The van der Waals surface area contributed by atoms with Crippen molar-refractivity contribution in [3.8, 4) is 0 Å². The molecule has 0 aliphatic heterocycles. The molecule has 0 aromatic carbocycles. The van der Waals surface area contributed by atoms with Crippen LogP contribution in [0.2, 0.25) is 0 Å². The standard InChI is InChI=1S/C26H50O4/c1-22(2)29-25(27)21-19-17-15-13-11-9-7-6-8-10-12-14-16-18-20-24(5)26(28)30-23(3)4/h22-24H,6-21H2,1-5H3. The molecule has 178 valence electrons. The van der Waals surface area contributed by atoms with E-state index in [4.69, 9.17) is 9.47 Å². The third kappa shape index (κ3) is 20.2. The fourth-order valence-electron chi connectivity index (χ4n) is 3.63. The van der Waals surface area contributed by atoms with Gasteiger partial charge in [0.2, 0.25) is 0 Å². The maximum atomic E-state index is 11.7. The average Bonchev–Trinajstić information content (AvgIpc) is 2.66. The fraction of sp³-hybridized carbons (Fsp3) is 0.923. The van der Waals surface area contributed by atoms with Crippen LogP contribution in [-0.2, 0) is 19.1 Å². The molecule has 0 saturated carbocycles. The van der Waals surface area contributed by atoms with Crippen LogP contribution in [0.15, 0.2) is 0 Å². The lowest BCUT2D eigenvalue weighted by Gasteiger charge is -2.13. The Labute approximate surface area is 186 Å². The molecule has 0 amide bonds. The maximum absolute atomic E-state index is 11.7. The van der Waals surface area contributed by atoms with E-state index in [0.29, 0.717) is 6.42 Å². The number of esters is 2. The number of ether oxygens (including phenoxy) is 2. The first-order valence-electron chi connectivity index (χ1n) is 12.7. The van der Waals surface area contributed by atoms with Crippen molar-refractivity contribution < 1.29 is 19.1 Å². The Bertz CT molecular complexity index is 417. The third-order valence-electron chi connectivity index (χ3n) is 5.39. The van der Waals surface area contributed by atoms with E-state index in [0.717, 1.165) is 25.7 Å². The van der Waals surface area contributed by atoms with Crippen molar-refractivity contribution in [3.05, 3.63) is 0 Å². The summed E-state index contributed by atoms with van der Waals surface area (Å²) in [5.74, 6) is -0.0592. The highest BCUT2D eigenvalue weighted by molar-refractivity contribution is 5.72. The zero-order chi connectivity index (χ0) is 22.6. The van der Waals surface area contributed by atoms with E-state index in [1.807, 2.05) is 34.6 Å². The predicted molar refractivity (Wildman–Crippen MR) is 125 cm³/mol. The molecule has 4 nitrogen and oxygen atoms in total. The number of hydrogen-bond donors (Lipinski definition) is 0. The van der Waals surface area contributed by atoms with Crippen molar-refractivity contribution >= 4 is 11.9 Å². The highest BCUT2D eigenvalue weighted by atomic mass is 16.5. The van der Waals surface area contributed by atoms with Crippen LogP contribution in [0.3, 0.4) is 0 Å². The van der Waals surface area contributed by atoms with Gasteiger partial charge in [0.05, 0.1) is 18.1 Å². The Hall–Kier alpha value is -1.06. The molecule has 0 radical (unpaired) electrons. The number of rotatable bonds is 20. The Morgan fingerprint density at radius 3 is 1.30 bits per heavy atom. The van der Waals surface area contributed by atoms with Crippen LogP contribution >= 0.6 is 0 Å². The highest BCUT2D eigenvalue weighted by Crippen LogP contribution is 2.16. The fourth-order valence-corrected chi connectivity index (χ4v) is 3.63. The number of hydrogen-bond acceptors (Lipinski definition) is 4. The molecule has 0 aliphatic carbocycles. The second kappa shape index (κ2) is 19.9. The Kier molecular flexibility index (Phi) is 19.2. The molecule has 1 unspecified atom stereocenters. The van der Waals surface area contributed by atoms with Gasteiger partial charge in [0.25, 0.3) is 0 Å². The van der Waals surface area contributed by atoms with E-state index in [1.54, 1.807) is 0 Å². The first kappa shape index (κ1) is 28.9. The summed E-state index contributed by atoms with van der Waals surface area (Å²) in [7, 11) is 0. The first-order valence-corrected chi connectivity index (χ1v) is 12.7. The van der Waals surface area contributed by atoms with Gasteiger partial charge in [-0.05, 0) is 40.5 Å². The van der Waals surface area contributed by atoms with Crippen molar-refractivity contribution in [2.75, 3.05) is 0 Å². The summed E-state index contributed by atoms with van der Waals surface area (Å²) < 4.78 is 10.4. The van der Waals surface area contributed by atoms with Crippen LogP contribution in [-0.4, -0.2) is 24.1 Å². The van der Waals surface area contributed by atoms with Gasteiger partial charge >= 0.3 is 11.9 Å². The largest absolute Gasteiger partial charge is 0.463 e. The molecule has 0 spiro atoms. The topological polar surface area (TPSA) is 52.6 Å². The lowest BCUT2D eigenvalue weighted by molar-refractivity contribution is -0.152. The monoisotopic (exact) mass is 426 g/mol. The second-order valence-electron chi connectivity index (χ2n) is 9.41. The minimum absolute atomic E-state index is 0.00755. The number of carbonyl (C=O) groups excluding carboxylic acids is 2. The van der Waals surface area contributed by atoms with E-state index in [2.05, 4.69) is 0 Å². The third-order valence-corrected chi connectivity index (χ3v) is 5.39. The van der Waals surface area contributed by atoms with E-state index in [1.165, 1.54) is 70.6 Å². The van der Waals surface area contributed by atoms with Crippen LogP contribution in [0.25, 0.3) is 0 Å². The summed E-state index contributed by atoms with van der Waals surface area (Å²) in [6, 6.07) is 0. The molecule has 0 fully saturated rings. The SMILES string of the molecule is CC(C)OC(=O)CCCCCCCCCCCCCCCCC(C)C(=O)OC(C)C. The molecular formula is C26H50O4. The average molecular weight is 427 g/mol. The summed E-state index contributed by atoms with van der Waals surface area (Å²) >= 11 is 0. The molecule has 0 heterocycles. The van der Waals surface area contributed by atoms with Crippen LogP contribution in [0.5, 0.6) is 0 Å². The molecule has 0 saturated heterocycles. The molecule has 30 heavy (non-hydrogen) atoms. The van der Waals surface area contributed by atoms with Gasteiger partial charge in [-0.1, -0.05) is 90.4 Å². The number of carbonyl (C=O) groups is 2. The quantitative estimate of drug-likeness (QED) is 0.147. The predicted octanol–water partition coefficient (Wildman–Crippen LogP) is 7.77. The van der Waals surface area contributed by atoms with Gasteiger partial charge in [0.15, 0.2) is 0 Å². The van der Waals surface area contributed by atoms with Gasteiger partial charge in [-0.15, -0.1) is 0 Å². The lowest BCUT2D eigenvalue weighted by Crippen LogP contribution is -2.18. The summed E-state index contributed by atoms with van der Waals surface area (Å²) in [5, 5.41) is 0. The van der Waals surface area contributed by atoms with E-state index >= 15 is 0 Å². The second-order valence-corrected chi connectivity index (χ2v) is 9.41. The zero-order valence-corrected chi connectivity index (χ0v) is 20.7. The smallest absolute Gasteiger partial charge is 0.308 e. The zero-order valence-electron chi connectivity index (χ0n) is 20.7. The summed E-state index contributed by atoms with van der Waals surface area (Å²) in [6.07, 6.45) is 19.2. The van der Waals surface area contributed by atoms with Crippen molar-refractivity contribution in [2.45, 2.75) is 150 Å². The minimum atomic E-state index is -0.0501. The first-order chi connectivity index (χ1) is 14.3. The molecule has 1 atom stereocenters. The number of unbranched alkanes of at least 4 members (excludes halogenated alkanes) is 13. The molecule has 4 heteroatoms. The van der Waals surface area contributed by atoms with Crippen molar-refractivity contribution in [1.29, 1.82) is 0 Å². The molecule has 0 N–H and O–H groups in total. The van der Waals surface area contributed by atoms with Gasteiger partial charge in [-0.25, -0.2) is 0 Å². The van der Waals surface area contributed by atoms with Crippen LogP contribution in [0.1, 0.15) is 137 Å². The molecular weight excluding hydrogens is 376 g/mol. The van der Waals surface area contributed by atoms with Crippen LogP contribution in [0, 0.1) is 5.92 Å². The summed E-state index contributed by atoms with van der Waals surface area (Å²) in [4.78, 5) is 23.2. The van der Waals surface area contributed by atoms with Gasteiger partial charge in [-0.2, -0.15) is 0 Å². The maximum Gasteiger partial charge on any atom is 0.308 e. The van der Waals surface area contributed by atoms with Gasteiger partial charge in [0, 0.05) is 6.42 Å². The Morgan fingerprint density at radius 1 is 0.533 bits per heavy atom. The van der Waals surface area contributed by atoms with Crippen molar-refractivity contribution in [3.63, 3.8) is 0 Å². The molecule has 0 aliphatic rings. The molecule has 0 aromatic heterocycles. The summed E-state index contributed by atoms with van der Waals surface area (Å²) in [6.45, 7) is 9.59. The van der Waals surface area contributed by atoms with Gasteiger partial charge in [-0.3, -0.25) is 9.59 Å². The van der Waals surface area contributed by atoms with E-state index in [-0.39, 0.29) is 30.1 Å². The van der Waals surface area contributed by atoms with Gasteiger partial charge in [0.1, 0.15) is 0 Å². The van der Waals surface area contributed by atoms with Crippen LogP contribution < -0.4 is 0 Å². The Morgan fingerprint density at radius 2 is 0.900 bits per heavy atom. The summed E-state index contributed by atoms with van der Waals surface area (Å²) in [5.41, 5.74) is 0.